The SMILES string of the molecule is CC1=Cc2c(c(=O)n(C)c(=O)n2C)C1. The van der Waals surface area contributed by atoms with Crippen LogP contribution in [0, 0.1) is 0 Å². The van der Waals surface area contributed by atoms with Gasteiger partial charge in [0.25, 0.3) is 5.56 Å². The first-order valence-corrected chi connectivity index (χ1v) is 4.48. The van der Waals surface area contributed by atoms with Gasteiger partial charge in [0, 0.05) is 26.1 Å². The van der Waals surface area contributed by atoms with Crippen molar-refractivity contribution in [1.29, 1.82) is 0 Å². The average Bonchev–Trinajstić information content (AvgIpc) is 2.54. The monoisotopic (exact) mass is 192 g/mol. The number of allylic oxidation sites excluding steroid dienone is 1. The molecule has 1 heterocycles. The van der Waals surface area contributed by atoms with Crippen molar-refractivity contribution in [3.05, 3.63) is 37.7 Å². The predicted molar refractivity (Wildman–Crippen MR) is 54.3 cm³/mol. The van der Waals surface area contributed by atoms with Crippen LogP contribution in [0.3, 0.4) is 0 Å². The molecule has 0 N–H and O–H groups in total. The van der Waals surface area contributed by atoms with Gasteiger partial charge >= 0.3 is 5.69 Å². The molecule has 0 radical (unpaired) electrons. The summed E-state index contributed by atoms with van der Waals surface area (Å²) in [4.78, 5) is 23.2. The van der Waals surface area contributed by atoms with E-state index in [0.29, 0.717) is 6.42 Å². The Balaban J connectivity index is 2.92. The number of hydrogen-bond acceptors (Lipinski definition) is 2. The average molecular weight is 192 g/mol. The maximum atomic E-state index is 11.7. The van der Waals surface area contributed by atoms with Crippen LogP contribution in [-0.4, -0.2) is 9.13 Å². The Morgan fingerprint density at radius 2 is 1.86 bits per heavy atom. The van der Waals surface area contributed by atoms with E-state index in [1.165, 1.54) is 11.6 Å². The molecule has 0 bridgehead atoms. The molecule has 1 aromatic rings. The maximum absolute atomic E-state index is 11.7. The Kier molecular flexibility index (Phi) is 1.74. The van der Waals surface area contributed by atoms with Gasteiger partial charge in [-0.2, -0.15) is 0 Å². The zero-order chi connectivity index (χ0) is 10.5. The third-order valence-electron chi connectivity index (χ3n) is 2.65. The Bertz CT molecular complexity index is 546. The molecule has 0 spiro atoms. The highest BCUT2D eigenvalue weighted by molar-refractivity contribution is 5.59. The second kappa shape index (κ2) is 2.70. The van der Waals surface area contributed by atoms with Crippen molar-refractivity contribution in [2.75, 3.05) is 0 Å². The van der Waals surface area contributed by atoms with Crippen molar-refractivity contribution in [3.8, 4) is 0 Å². The lowest BCUT2D eigenvalue weighted by atomic mass is 10.2. The second-order valence-electron chi connectivity index (χ2n) is 3.74. The van der Waals surface area contributed by atoms with Crippen LogP contribution in [0.1, 0.15) is 18.2 Å². The highest BCUT2D eigenvalue weighted by Gasteiger charge is 2.18. The molecular formula is C10H12N2O2. The fourth-order valence-corrected chi connectivity index (χ4v) is 1.84. The molecule has 14 heavy (non-hydrogen) atoms. The Labute approximate surface area is 81.1 Å². The van der Waals surface area contributed by atoms with E-state index in [2.05, 4.69) is 0 Å². The maximum Gasteiger partial charge on any atom is 0.330 e. The summed E-state index contributed by atoms with van der Waals surface area (Å²) in [7, 11) is 3.20. The molecule has 0 atom stereocenters. The van der Waals surface area contributed by atoms with E-state index in [1.54, 1.807) is 7.05 Å². The molecule has 0 aliphatic heterocycles. The molecule has 4 heteroatoms. The molecule has 0 amide bonds. The number of nitrogens with zero attached hydrogens (tertiary/aromatic N) is 2. The minimum absolute atomic E-state index is 0.170. The van der Waals surface area contributed by atoms with Crippen LogP contribution in [0.15, 0.2) is 15.2 Å². The van der Waals surface area contributed by atoms with Gasteiger partial charge in [-0.25, -0.2) is 4.79 Å². The van der Waals surface area contributed by atoms with Crippen molar-refractivity contribution in [2.45, 2.75) is 13.3 Å². The Morgan fingerprint density at radius 3 is 2.50 bits per heavy atom. The van der Waals surface area contributed by atoms with Crippen LogP contribution < -0.4 is 11.2 Å². The third kappa shape index (κ3) is 0.999. The van der Waals surface area contributed by atoms with Gasteiger partial charge in [0.2, 0.25) is 0 Å². The molecule has 74 valence electrons. The van der Waals surface area contributed by atoms with E-state index >= 15 is 0 Å². The number of rotatable bonds is 0. The number of hydrogen-bond donors (Lipinski definition) is 0. The lowest BCUT2D eigenvalue weighted by molar-refractivity contribution is 0.670. The van der Waals surface area contributed by atoms with Crippen molar-refractivity contribution in [2.24, 2.45) is 14.1 Å². The van der Waals surface area contributed by atoms with Crippen LogP contribution in [0.25, 0.3) is 6.08 Å². The third-order valence-corrected chi connectivity index (χ3v) is 2.65. The van der Waals surface area contributed by atoms with E-state index in [1.807, 2.05) is 13.0 Å². The first-order chi connectivity index (χ1) is 6.52. The highest BCUT2D eigenvalue weighted by Crippen LogP contribution is 2.19. The Morgan fingerprint density at radius 1 is 1.21 bits per heavy atom. The van der Waals surface area contributed by atoms with Crippen LogP contribution in [-0.2, 0) is 20.5 Å². The molecule has 0 aromatic carbocycles. The summed E-state index contributed by atoms with van der Waals surface area (Å²) in [5, 5.41) is 0. The molecule has 2 rings (SSSR count). The summed E-state index contributed by atoms with van der Waals surface area (Å²) in [5.41, 5.74) is 2.18. The minimum Gasteiger partial charge on any atom is -0.297 e. The molecule has 0 saturated carbocycles. The molecule has 4 nitrogen and oxygen atoms in total. The normalized spacial score (nSPS) is 14.1. The van der Waals surface area contributed by atoms with Crippen molar-refractivity contribution >= 4 is 6.08 Å². The summed E-state index contributed by atoms with van der Waals surface area (Å²) < 4.78 is 2.68. The molecule has 0 saturated heterocycles. The molecule has 1 aliphatic carbocycles. The molecule has 1 aliphatic rings. The summed E-state index contributed by atoms with van der Waals surface area (Å²) in [6.45, 7) is 1.96. The van der Waals surface area contributed by atoms with Crippen LogP contribution in [0.4, 0.5) is 0 Å². The second-order valence-corrected chi connectivity index (χ2v) is 3.74. The van der Waals surface area contributed by atoms with Gasteiger partial charge < -0.3 is 0 Å². The van der Waals surface area contributed by atoms with E-state index < -0.39 is 0 Å². The van der Waals surface area contributed by atoms with E-state index in [4.69, 9.17) is 0 Å². The molecular weight excluding hydrogens is 180 g/mol. The van der Waals surface area contributed by atoms with E-state index in [0.717, 1.165) is 21.4 Å². The largest absolute Gasteiger partial charge is 0.330 e. The van der Waals surface area contributed by atoms with Gasteiger partial charge in [-0.15, -0.1) is 0 Å². The van der Waals surface area contributed by atoms with Gasteiger partial charge in [-0.1, -0.05) is 5.57 Å². The summed E-state index contributed by atoms with van der Waals surface area (Å²) in [6, 6.07) is 0. The Hall–Kier alpha value is -1.58. The predicted octanol–water partition coefficient (Wildman–Crippen LogP) is 0.0434. The zero-order valence-electron chi connectivity index (χ0n) is 8.50. The zero-order valence-corrected chi connectivity index (χ0v) is 8.50. The smallest absolute Gasteiger partial charge is 0.297 e. The summed E-state index contributed by atoms with van der Waals surface area (Å²) in [5.74, 6) is 0. The fraction of sp³-hybridized carbons (Fsp3) is 0.400. The van der Waals surface area contributed by atoms with Gasteiger partial charge in [0.15, 0.2) is 0 Å². The van der Waals surface area contributed by atoms with E-state index in [9.17, 15) is 9.59 Å². The van der Waals surface area contributed by atoms with Crippen molar-refractivity contribution in [3.63, 3.8) is 0 Å². The first kappa shape index (κ1) is 8.99. The number of aromatic nitrogens is 2. The topological polar surface area (TPSA) is 44.0 Å². The first-order valence-electron chi connectivity index (χ1n) is 4.48. The van der Waals surface area contributed by atoms with Gasteiger partial charge in [0.1, 0.15) is 0 Å². The van der Waals surface area contributed by atoms with Crippen LogP contribution in [0.5, 0.6) is 0 Å². The van der Waals surface area contributed by atoms with Crippen molar-refractivity contribution < 1.29 is 0 Å². The lowest BCUT2D eigenvalue weighted by Crippen LogP contribution is -2.39. The molecule has 0 unspecified atom stereocenters. The molecule has 1 aromatic heterocycles. The summed E-state index contributed by atoms with van der Waals surface area (Å²) >= 11 is 0. The van der Waals surface area contributed by atoms with E-state index in [-0.39, 0.29) is 11.2 Å². The quantitative estimate of drug-likeness (QED) is 0.582. The fourth-order valence-electron chi connectivity index (χ4n) is 1.84. The molecule has 0 fully saturated rings. The van der Waals surface area contributed by atoms with Gasteiger partial charge in [0.05, 0.1) is 5.69 Å². The highest BCUT2D eigenvalue weighted by atomic mass is 16.2. The number of fused-ring (bicyclic) bond motifs is 1. The van der Waals surface area contributed by atoms with Gasteiger partial charge in [-0.05, 0) is 13.0 Å². The van der Waals surface area contributed by atoms with Crippen LogP contribution >= 0.6 is 0 Å². The van der Waals surface area contributed by atoms with Crippen molar-refractivity contribution in [1.82, 2.24) is 9.13 Å². The van der Waals surface area contributed by atoms with Crippen LogP contribution in [0.2, 0.25) is 0 Å². The minimum atomic E-state index is -0.264. The lowest BCUT2D eigenvalue weighted by Gasteiger charge is -2.07. The van der Waals surface area contributed by atoms with Gasteiger partial charge in [-0.3, -0.25) is 13.9 Å². The summed E-state index contributed by atoms with van der Waals surface area (Å²) in [6.07, 6.45) is 2.56. The standard InChI is InChI=1S/C10H12N2O2/c1-6-4-7-8(5-6)11(2)10(14)12(3)9(7)13/h5H,4H2,1-3H3.